The highest BCUT2D eigenvalue weighted by molar-refractivity contribution is 5.92. The first-order chi connectivity index (χ1) is 8.31. The first-order valence-electron chi connectivity index (χ1n) is 6.51. The third-order valence-corrected chi connectivity index (χ3v) is 3.48. The van der Waals surface area contributed by atoms with Crippen LogP contribution < -0.4 is 0 Å². The van der Waals surface area contributed by atoms with Crippen molar-refractivity contribution in [3.63, 3.8) is 0 Å². The molecule has 17 heavy (non-hydrogen) atoms. The van der Waals surface area contributed by atoms with Gasteiger partial charge in [-0.05, 0) is 30.9 Å². The van der Waals surface area contributed by atoms with Crippen LogP contribution in [0.5, 0.6) is 0 Å². The normalized spacial score (nSPS) is 17.1. The smallest absolute Gasteiger partial charge is 0.272 e. The summed E-state index contributed by atoms with van der Waals surface area (Å²) in [4.78, 5) is 18.2. The van der Waals surface area contributed by atoms with E-state index in [4.69, 9.17) is 0 Å². The highest BCUT2D eigenvalue weighted by Gasteiger charge is 2.23. The van der Waals surface area contributed by atoms with Gasteiger partial charge in [0.25, 0.3) is 5.91 Å². The van der Waals surface area contributed by atoms with Gasteiger partial charge >= 0.3 is 0 Å². The van der Waals surface area contributed by atoms with Gasteiger partial charge in [0.05, 0.1) is 0 Å². The fourth-order valence-electron chi connectivity index (χ4n) is 2.48. The molecule has 0 N–H and O–H groups in total. The maximum absolute atomic E-state index is 12.1. The molecule has 0 saturated carbocycles. The van der Waals surface area contributed by atoms with Crippen molar-refractivity contribution < 1.29 is 4.79 Å². The Morgan fingerprint density at radius 1 is 1.41 bits per heavy atom. The molecular weight excluding hydrogens is 212 g/mol. The van der Waals surface area contributed by atoms with E-state index in [0.29, 0.717) is 5.69 Å². The molecule has 3 nitrogen and oxygen atoms in total. The summed E-state index contributed by atoms with van der Waals surface area (Å²) in [6.07, 6.45) is 6.51. The number of hydrogen-bond acceptors (Lipinski definition) is 2. The summed E-state index contributed by atoms with van der Waals surface area (Å²) < 4.78 is 0. The van der Waals surface area contributed by atoms with Gasteiger partial charge in [-0.3, -0.25) is 9.78 Å². The Morgan fingerprint density at radius 2 is 2.18 bits per heavy atom. The van der Waals surface area contributed by atoms with Gasteiger partial charge < -0.3 is 4.90 Å². The summed E-state index contributed by atoms with van der Waals surface area (Å²) in [7, 11) is 0. The van der Waals surface area contributed by atoms with Crippen molar-refractivity contribution in [3.8, 4) is 0 Å². The van der Waals surface area contributed by atoms with Crippen LogP contribution in [0.15, 0.2) is 24.4 Å². The van der Waals surface area contributed by atoms with E-state index in [1.54, 1.807) is 12.3 Å². The summed E-state index contributed by atoms with van der Waals surface area (Å²) in [6.45, 7) is 4.01. The molecule has 2 rings (SSSR count). The SMILES string of the molecule is CCCC1CCN(C(=O)c2ccccn2)CC1. The van der Waals surface area contributed by atoms with E-state index in [9.17, 15) is 4.79 Å². The van der Waals surface area contributed by atoms with Gasteiger partial charge in [-0.1, -0.05) is 25.8 Å². The Hall–Kier alpha value is -1.38. The van der Waals surface area contributed by atoms with Gasteiger partial charge in [-0.2, -0.15) is 0 Å². The molecule has 2 heterocycles. The van der Waals surface area contributed by atoms with Gasteiger partial charge in [-0.15, -0.1) is 0 Å². The molecule has 0 bridgehead atoms. The Balaban J connectivity index is 1.91. The van der Waals surface area contributed by atoms with Crippen molar-refractivity contribution >= 4 is 5.91 Å². The summed E-state index contributed by atoms with van der Waals surface area (Å²) in [5.74, 6) is 0.897. The molecule has 0 spiro atoms. The zero-order chi connectivity index (χ0) is 12.1. The third-order valence-electron chi connectivity index (χ3n) is 3.48. The summed E-state index contributed by atoms with van der Waals surface area (Å²) in [6, 6.07) is 5.49. The number of nitrogens with zero attached hydrogens (tertiary/aromatic N) is 2. The van der Waals surface area contributed by atoms with Crippen LogP contribution in [0.25, 0.3) is 0 Å². The van der Waals surface area contributed by atoms with Crippen molar-refractivity contribution in [3.05, 3.63) is 30.1 Å². The Bertz CT molecular complexity index is 356. The number of carbonyl (C=O) groups is 1. The lowest BCUT2D eigenvalue weighted by Gasteiger charge is -2.31. The monoisotopic (exact) mass is 232 g/mol. The predicted molar refractivity (Wildman–Crippen MR) is 67.8 cm³/mol. The van der Waals surface area contributed by atoms with Crippen molar-refractivity contribution in [1.29, 1.82) is 0 Å². The van der Waals surface area contributed by atoms with E-state index in [1.165, 1.54) is 12.8 Å². The van der Waals surface area contributed by atoms with Crippen molar-refractivity contribution in [2.45, 2.75) is 32.6 Å². The van der Waals surface area contributed by atoms with E-state index in [0.717, 1.165) is 31.8 Å². The largest absolute Gasteiger partial charge is 0.337 e. The third kappa shape index (κ3) is 3.05. The van der Waals surface area contributed by atoms with E-state index in [-0.39, 0.29) is 5.91 Å². The standard InChI is InChI=1S/C14H20N2O/c1-2-5-12-7-10-16(11-8-12)14(17)13-6-3-4-9-15-13/h3-4,6,9,12H,2,5,7-8,10-11H2,1H3. The predicted octanol–water partition coefficient (Wildman–Crippen LogP) is 2.73. The summed E-state index contributed by atoms with van der Waals surface area (Å²) in [5, 5.41) is 0. The maximum Gasteiger partial charge on any atom is 0.272 e. The molecule has 1 aromatic rings. The molecule has 1 fully saturated rings. The van der Waals surface area contributed by atoms with E-state index < -0.39 is 0 Å². The van der Waals surface area contributed by atoms with Crippen LogP contribution in [-0.2, 0) is 0 Å². The summed E-state index contributed by atoms with van der Waals surface area (Å²) >= 11 is 0. The van der Waals surface area contributed by atoms with Crippen LogP contribution in [0.3, 0.4) is 0 Å². The first-order valence-corrected chi connectivity index (χ1v) is 6.51. The zero-order valence-electron chi connectivity index (χ0n) is 10.4. The molecule has 1 aliphatic heterocycles. The number of aromatic nitrogens is 1. The number of piperidine rings is 1. The molecule has 1 amide bonds. The lowest BCUT2D eigenvalue weighted by molar-refractivity contribution is 0.0680. The topological polar surface area (TPSA) is 33.2 Å². The fraction of sp³-hybridized carbons (Fsp3) is 0.571. The van der Waals surface area contributed by atoms with Gasteiger partial charge in [0.2, 0.25) is 0 Å². The second-order valence-electron chi connectivity index (χ2n) is 4.74. The second kappa shape index (κ2) is 5.80. The average Bonchev–Trinajstić information content (AvgIpc) is 2.40. The van der Waals surface area contributed by atoms with Gasteiger partial charge in [-0.25, -0.2) is 0 Å². The summed E-state index contributed by atoms with van der Waals surface area (Å²) in [5.41, 5.74) is 0.571. The minimum Gasteiger partial charge on any atom is -0.337 e. The molecular formula is C14H20N2O. The van der Waals surface area contributed by atoms with E-state index in [2.05, 4.69) is 11.9 Å². The average molecular weight is 232 g/mol. The van der Waals surface area contributed by atoms with Gasteiger partial charge in [0, 0.05) is 19.3 Å². The van der Waals surface area contributed by atoms with Gasteiger partial charge in [0.15, 0.2) is 0 Å². The number of carbonyl (C=O) groups excluding carboxylic acids is 1. The molecule has 0 atom stereocenters. The molecule has 1 saturated heterocycles. The lowest BCUT2D eigenvalue weighted by atomic mass is 9.92. The molecule has 0 aliphatic carbocycles. The minimum absolute atomic E-state index is 0.0838. The van der Waals surface area contributed by atoms with Crippen LogP contribution in [0.2, 0.25) is 0 Å². The molecule has 0 radical (unpaired) electrons. The Labute approximate surface area is 103 Å². The molecule has 0 unspecified atom stereocenters. The Kier molecular flexibility index (Phi) is 4.13. The quantitative estimate of drug-likeness (QED) is 0.802. The highest BCUT2D eigenvalue weighted by atomic mass is 16.2. The lowest BCUT2D eigenvalue weighted by Crippen LogP contribution is -2.38. The molecule has 0 aromatic carbocycles. The van der Waals surface area contributed by atoms with Crippen LogP contribution in [0, 0.1) is 5.92 Å². The number of likely N-dealkylation sites (tertiary alicyclic amines) is 1. The number of pyridine rings is 1. The first kappa shape index (κ1) is 12.1. The molecule has 92 valence electrons. The molecule has 1 aromatic heterocycles. The molecule has 1 aliphatic rings. The van der Waals surface area contributed by atoms with Crippen molar-refractivity contribution in [2.75, 3.05) is 13.1 Å². The Morgan fingerprint density at radius 3 is 2.76 bits per heavy atom. The minimum atomic E-state index is 0.0838. The number of rotatable bonds is 3. The van der Waals surface area contributed by atoms with E-state index >= 15 is 0 Å². The second-order valence-corrected chi connectivity index (χ2v) is 4.74. The van der Waals surface area contributed by atoms with E-state index in [1.807, 2.05) is 17.0 Å². The number of amides is 1. The maximum atomic E-state index is 12.1. The highest BCUT2D eigenvalue weighted by Crippen LogP contribution is 2.22. The van der Waals surface area contributed by atoms with Crippen LogP contribution >= 0.6 is 0 Å². The van der Waals surface area contributed by atoms with Gasteiger partial charge in [0.1, 0.15) is 5.69 Å². The van der Waals surface area contributed by atoms with Crippen molar-refractivity contribution in [1.82, 2.24) is 9.88 Å². The van der Waals surface area contributed by atoms with Crippen LogP contribution in [-0.4, -0.2) is 28.9 Å². The van der Waals surface area contributed by atoms with Crippen LogP contribution in [0.1, 0.15) is 43.1 Å². The van der Waals surface area contributed by atoms with Crippen LogP contribution in [0.4, 0.5) is 0 Å². The van der Waals surface area contributed by atoms with Crippen molar-refractivity contribution in [2.24, 2.45) is 5.92 Å². The zero-order valence-corrected chi connectivity index (χ0v) is 10.4. The fourth-order valence-corrected chi connectivity index (χ4v) is 2.48. The molecule has 3 heteroatoms. The number of hydrogen-bond donors (Lipinski definition) is 0.